The van der Waals surface area contributed by atoms with Crippen molar-refractivity contribution in [1.29, 1.82) is 0 Å². The maximum absolute atomic E-state index is 12.8. The standard InChI is InChI=1S/C30H25BrN4O4/c1-18-26-24(32-33-28(36)21-12-10-20(11-13-21)19-6-3-2-4-7-19)8-5-9-25(26)39-27(18)30(38)35-34-29(37)22-14-16-23(31)17-15-22/h2-4,6-7,10-17H,5,8-9H2,1H3,(H,33,36)(H,34,37)(H,35,38)/b32-24+. The van der Waals surface area contributed by atoms with Crippen molar-refractivity contribution in [3.8, 4) is 11.1 Å². The highest BCUT2D eigenvalue weighted by atomic mass is 79.9. The minimum absolute atomic E-state index is 0.0912. The van der Waals surface area contributed by atoms with Crippen LogP contribution in [0.25, 0.3) is 11.1 Å². The van der Waals surface area contributed by atoms with Gasteiger partial charge in [-0.1, -0.05) is 58.4 Å². The van der Waals surface area contributed by atoms with Crippen molar-refractivity contribution in [2.24, 2.45) is 5.10 Å². The topological polar surface area (TPSA) is 113 Å². The van der Waals surface area contributed by atoms with E-state index < -0.39 is 11.8 Å². The summed E-state index contributed by atoms with van der Waals surface area (Å²) in [5.41, 5.74) is 12.4. The maximum atomic E-state index is 12.8. The number of fused-ring (bicyclic) bond motifs is 1. The zero-order valence-corrected chi connectivity index (χ0v) is 22.7. The number of hydrazine groups is 1. The Morgan fingerprint density at radius 3 is 2.10 bits per heavy atom. The molecule has 0 unspecified atom stereocenters. The lowest BCUT2D eigenvalue weighted by Gasteiger charge is -2.13. The van der Waals surface area contributed by atoms with Crippen LogP contribution in [0.1, 0.15) is 61.0 Å². The van der Waals surface area contributed by atoms with Crippen LogP contribution in [0.3, 0.4) is 0 Å². The Morgan fingerprint density at radius 2 is 1.38 bits per heavy atom. The summed E-state index contributed by atoms with van der Waals surface area (Å²) >= 11 is 3.32. The molecule has 9 heteroatoms. The number of carbonyl (C=O) groups is 3. The fourth-order valence-corrected chi connectivity index (χ4v) is 4.73. The highest BCUT2D eigenvalue weighted by Gasteiger charge is 2.28. The Labute approximate surface area is 233 Å². The average Bonchev–Trinajstić information content (AvgIpc) is 3.32. The third-order valence-electron chi connectivity index (χ3n) is 6.47. The number of benzene rings is 3. The van der Waals surface area contributed by atoms with E-state index >= 15 is 0 Å². The number of hydrogen-bond donors (Lipinski definition) is 3. The summed E-state index contributed by atoms with van der Waals surface area (Å²) in [7, 11) is 0. The first-order valence-electron chi connectivity index (χ1n) is 12.4. The molecule has 5 rings (SSSR count). The molecule has 0 saturated carbocycles. The minimum atomic E-state index is -0.575. The molecular weight excluding hydrogens is 560 g/mol. The quantitative estimate of drug-likeness (QED) is 0.266. The molecule has 0 radical (unpaired) electrons. The van der Waals surface area contributed by atoms with Gasteiger partial charge in [-0.25, -0.2) is 5.43 Å². The molecule has 4 aromatic rings. The van der Waals surface area contributed by atoms with Crippen LogP contribution in [-0.4, -0.2) is 23.4 Å². The zero-order chi connectivity index (χ0) is 27.4. The highest BCUT2D eigenvalue weighted by Crippen LogP contribution is 2.30. The Morgan fingerprint density at radius 1 is 0.769 bits per heavy atom. The summed E-state index contributed by atoms with van der Waals surface area (Å²) in [6.45, 7) is 1.76. The summed E-state index contributed by atoms with van der Waals surface area (Å²) in [6, 6.07) is 24.0. The Bertz CT molecular complexity index is 1560. The Balaban J connectivity index is 1.26. The van der Waals surface area contributed by atoms with E-state index in [0.29, 0.717) is 46.6 Å². The summed E-state index contributed by atoms with van der Waals surface area (Å²) in [5.74, 6) is -0.637. The van der Waals surface area contributed by atoms with Gasteiger partial charge in [0.25, 0.3) is 11.8 Å². The van der Waals surface area contributed by atoms with Gasteiger partial charge in [0.2, 0.25) is 0 Å². The van der Waals surface area contributed by atoms with Crippen LogP contribution >= 0.6 is 15.9 Å². The van der Waals surface area contributed by atoms with Crippen molar-refractivity contribution in [3.63, 3.8) is 0 Å². The first kappa shape index (κ1) is 26.1. The van der Waals surface area contributed by atoms with Gasteiger partial charge < -0.3 is 4.42 Å². The SMILES string of the molecule is Cc1c(C(=O)NNC(=O)c2ccc(Br)cc2)oc2c1/C(=N/NC(=O)c1ccc(-c3ccccc3)cc1)CCC2. The van der Waals surface area contributed by atoms with Gasteiger partial charge in [0.05, 0.1) is 5.71 Å². The van der Waals surface area contributed by atoms with Crippen LogP contribution in [0.4, 0.5) is 0 Å². The van der Waals surface area contributed by atoms with E-state index in [1.54, 1.807) is 43.3 Å². The van der Waals surface area contributed by atoms with Crippen molar-refractivity contribution in [2.75, 3.05) is 0 Å². The normalized spacial score (nSPS) is 13.4. The molecule has 0 aliphatic heterocycles. The van der Waals surface area contributed by atoms with Gasteiger partial charge in [0.15, 0.2) is 5.76 Å². The molecule has 3 aromatic carbocycles. The smallest absolute Gasteiger partial charge is 0.305 e. The minimum Gasteiger partial charge on any atom is -0.455 e. The monoisotopic (exact) mass is 584 g/mol. The summed E-state index contributed by atoms with van der Waals surface area (Å²) in [5, 5.41) is 4.39. The molecule has 0 spiro atoms. The van der Waals surface area contributed by atoms with Crippen LogP contribution in [0.2, 0.25) is 0 Å². The van der Waals surface area contributed by atoms with Gasteiger partial charge in [-0.05, 0) is 67.3 Å². The lowest BCUT2D eigenvalue weighted by molar-refractivity contribution is 0.0829. The van der Waals surface area contributed by atoms with Crippen LogP contribution < -0.4 is 16.3 Å². The van der Waals surface area contributed by atoms with Gasteiger partial charge >= 0.3 is 5.91 Å². The molecule has 1 aliphatic rings. The predicted octanol–water partition coefficient (Wildman–Crippen LogP) is 5.56. The van der Waals surface area contributed by atoms with Crippen LogP contribution in [0.15, 0.2) is 92.9 Å². The number of aryl methyl sites for hydroxylation is 1. The van der Waals surface area contributed by atoms with E-state index in [-0.39, 0.29) is 11.7 Å². The number of nitrogens with zero attached hydrogens (tertiary/aromatic N) is 1. The first-order valence-corrected chi connectivity index (χ1v) is 13.2. The van der Waals surface area contributed by atoms with Gasteiger partial charge in [-0.15, -0.1) is 0 Å². The van der Waals surface area contributed by atoms with Gasteiger partial charge in [-0.3, -0.25) is 25.2 Å². The molecule has 1 heterocycles. The largest absolute Gasteiger partial charge is 0.455 e. The van der Waals surface area contributed by atoms with E-state index in [9.17, 15) is 14.4 Å². The predicted molar refractivity (Wildman–Crippen MR) is 151 cm³/mol. The van der Waals surface area contributed by atoms with Crippen LogP contribution in [0, 0.1) is 6.92 Å². The van der Waals surface area contributed by atoms with Gasteiger partial charge in [-0.2, -0.15) is 5.10 Å². The number of nitrogens with one attached hydrogen (secondary N) is 3. The fourth-order valence-electron chi connectivity index (χ4n) is 4.47. The molecule has 0 bridgehead atoms. The Hall–Kier alpha value is -4.50. The van der Waals surface area contributed by atoms with Crippen molar-refractivity contribution in [3.05, 3.63) is 117 Å². The number of amides is 3. The van der Waals surface area contributed by atoms with Gasteiger partial charge in [0, 0.05) is 33.1 Å². The average molecular weight is 585 g/mol. The van der Waals surface area contributed by atoms with E-state index in [4.69, 9.17) is 4.42 Å². The molecule has 1 aliphatic carbocycles. The van der Waals surface area contributed by atoms with Crippen LogP contribution in [0.5, 0.6) is 0 Å². The highest BCUT2D eigenvalue weighted by molar-refractivity contribution is 9.10. The second-order valence-corrected chi connectivity index (χ2v) is 9.98. The van der Waals surface area contributed by atoms with E-state index in [1.807, 2.05) is 42.5 Å². The van der Waals surface area contributed by atoms with Crippen molar-refractivity contribution >= 4 is 39.4 Å². The number of hydrogen-bond acceptors (Lipinski definition) is 5. The second-order valence-electron chi connectivity index (χ2n) is 9.07. The lowest BCUT2D eigenvalue weighted by Crippen LogP contribution is -2.41. The molecule has 39 heavy (non-hydrogen) atoms. The molecule has 1 aromatic heterocycles. The molecule has 0 atom stereocenters. The molecule has 3 N–H and O–H groups in total. The summed E-state index contributed by atoms with van der Waals surface area (Å²) in [4.78, 5) is 38.0. The number of furan rings is 1. The zero-order valence-electron chi connectivity index (χ0n) is 21.1. The summed E-state index contributed by atoms with van der Waals surface area (Å²) < 4.78 is 6.71. The van der Waals surface area contributed by atoms with E-state index in [2.05, 4.69) is 37.3 Å². The number of halogens is 1. The van der Waals surface area contributed by atoms with E-state index in [1.165, 1.54) is 0 Å². The number of carbonyl (C=O) groups excluding carboxylic acids is 3. The molecule has 8 nitrogen and oxygen atoms in total. The van der Waals surface area contributed by atoms with Crippen molar-refractivity contribution < 1.29 is 18.8 Å². The second kappa shape index (κ2) is 11.5. The number of hydrazone groups is 1. The molecular formula is C30H25BrN4O4. The maximum Gasteiger partial charge on any atom is 0.305 e. The third kappa shape index (κ3) is 5.83. The van der Waals surface area contributed by atoms with E-state index in [0.717, 1.165) is 22.0 Å². The first-order chi connectivity index (χ1) is 18.9. The fraction of sp³-hybridized carbons (Fsp3) is 0.133. The third-order valence-corrected chi connectivity index (χ3v) is 7.00. The molecule has 3 amide bonds. The van der Waals surface area contributed by atoms with Crippen molar-refractivity contribution in [2.45, 2.75) is 26.2 Å². The van der Waals surface area contributed by atoms with Crippen LogP contribution in [-0.2, 0) is 6.42 Å². The number of rotatable bonds is 5. The molecule has 0 fully saturated rings. The lowest BCUT2D eigenvalue weighted by atomic mass is 9.93. The summed E-state index contributed by atoms with van der Waals surface area (Å²) in [6.07, 6.45) is 2.03. The van der Waals surface area contributed by atoms with Crippen molar-refractivity contribution in [1.82, 2.24) is 16.3 Å². The molecule has 0 saturated heterocycles. The Kier molecular flexibility index (Phi) is 7.69. The molecule has 196 valence electrons. The van der Waals surface area contributed by atoms with Gasteiger partial charge in [0.1, 0.15) is 5.76 Å².